The Balaban J connectivity index is 1.59. The number of piperazine rings is 1. The van der Waals surface area contributed by atoms with E-state index in [1.165, 1.54) is 0 Å². The highest BCUT2D eigenvalue weighted by molar-refractivity contribution is 6.30. The highest BCUT2D eigenvalue weighted by Crippen LogP contribution is 2.20. The molecule has 22 heavy (non-hydrogen) atoms. The fourth-order valence-electron chi connectivity index (χ4n) is 2.56. The zero-order chi connectivity index (χ0) is 15.5. The molecule has 2 heterocycles. The Morgan fingerprint density at radius 2 is 1.91 bits per heavy atom. The summed E-state index contributed by atoms with van der Waals surface area (Å²) in [6.07, 6.45) is 0. The van der Waals surface area contributed by atoms with Gasteiger partial charge in [-0.25, -0.2) is 4.79 Å². The van der Waals surface area contributed by atoms with Crippen molar-refractivity contribution in [1.29, 1.82) is 0 Å². The minimum Gasteiger partial charge on any atom is -0.476 e. The molecule has 1 fully saturated rings. The van der Waals surface area contributed by atoms with Gasteiger partial charge in [0, 0.05) is 43.4 Å². The molecule has 1 saturated heterocycles. The maximum Gasteiger partial charge on any atom is 0.355 e. The molecular formula is C14H16ClN5O2. The van der Waals surface area contributed by atoms with Gasteiger partial charge in [0.15, 0.2) is 5.69 Å². The number of benzene rings is 1. The SMILES string of the molecule is O=C(O)c1[nH]nnc1CN1CCN(c2ccc(Cl)cc2)CC1. The standard InChI is InChI=1S/C14H16ClN5O2/c15-10-1-3-11(4-2-10)20-7-5-19(6-8-20)9-12-13(14(21)22)17-18-16-12/h1-4H,5-9H2,(H,21,22)(H,16,17,18). The number of rotatable bonds is 4. The van der Waals surface area contributed by atoms with Crippen LogP contribution in [0.4, 0.5) is 5.69 Å². The van der Waals surface area contributed by atoms with E-state index in [-0.39, 0.29) is 5.69 Å². The summed E-state index contributed by atoms with van der Waals surface area (Å²) in [7, 11) is 0. The topological polar surface area (TPSA) is 85.3 Å². The molecule has 1 aliphatic rings. The third kappa shape index (κ3) is 3.20. The van der Waals surface area contributed by atoms with E-state index in [0.717, 1.165) is 36.9 Å². The molecule has 0 aliphatic carbocycles. The number of H-pyrrole nitrogens is 1. The van der Waals surface area contributed by atoms with E-state index in [4.69, 9.17) is 16.7 Å². The lowest BCUT2D eigenvalue weighted by molar-refractivity contribution is 0.0687. The number of nitrogens with one attached hydrogen (secondary N) is 1. The fourth-order valence-corrected chi connectivity index (χ4v) is 2.69. The third-order valence-electron chi connectivity index (χ3n) is 3.77. The van der Waals surface area contributed by atoms with Crippen LogP contribution in [0, 0.1) is 0 Å². The number of nitrogens with zero attached hydrogens (tertiary/aromatic N) is 4. The molecule has 116 valence electrons. The maximum atomic E-state index is 11.0. The monoisotopic (exact) mass is 321 g/mol. The van der Waals surface area contributed by atoms with Crippen LogP contribution in [0.1, 0.15) is 16.2 Å². The Kier molecular flexibility index (Phi) is 4.26. The second kappa shape index (κ2) is 6.33. The van der Waals surface area contributed by atoms with Crippen LogP contribution in [0.5, 0.6) is 0 Å². The summed E-state index contributed by atoms with van der Waals surface area (Å²) in [4.78, 5) is 15.5. The minimum absolute atomic E-state index is 0.0696. The predicted molar refractivity (Wildman–Crippen MR) is 82.3 cm³/mol. The molecule has 1 aromatic carbocycles. The zero-order valence-electron chi connectivity index (χ0n) is 11.9. The fraction of sp³-hybridized carbons (Fsp3) is 0.357. The van der Waals surface area contributed by atoms with E-state index in [1.807, 2.05) is 24.3 Å². The molecule has 0 atom stereocenters. The quantitative estimate of drug-likeness (QED) is 0.887. The number of hydrogen-bond donors (Lipinski definition) is 2. The maximum absolute atomic E-state index is 11.0. The van der Waals surface area contributed by atoms with Crippen LogP contribution < -0.4 is 4.90 Å². The number of aromatic nitrogens is 3. The van der Waals surface area contributed by atoms with Crippen LogP contribution in [-0.4, -0.2) is 57.6 Å². The van der Waals surface area contributed by atoms with Gasteiger partial charge in [-0.1, -0.05) is 16.8 Å². The van der Waals surface area contributed by atoms with Crippen LogP contribution in [0.2, 0.25) is 5.02 Å². The first-order valence-electron chi connectivity index (χ1n) is 6.99. The van der Waals surface area contributed by atoms with Crippen molar-refractivity contribution in [3.05, 3.63) is 40.7 Å². The van der Waals surface area contributed by atoms with E-state index in [9.17, 15) is 4.79 Å². The molecule has 3 rings (SSSR count). The van der Waals surface area contributed by atoms with Gasteiger partial charge in [-0.15, -0.1) is 5.10 Å². The summed E-state index contributed by atoms with van der Waals surface area (Å²) in [5.41, 5.74) is 1.70. The van der Waals surface area contributed by atoms with Crippen LogP contribution in [-0.2, 0) is 6.54 Å². The van der Waals surface area contributed by atoms with Gasteiger partial charge >= 0.3 is 5.97 Å². The van der Waals surface area contributed by atoms with E-state index in [0.29, 0.717) is 12.2 Å². The van der Waals surface area contributed by atoms with Crippen molar-refractivity contribution in [3.63, 3.8) is 0 Å². The second-order valence-corrected chi connectivity index (χ2v) is 5.61. The molecule has 8 heteroatoms. The van der Waals surface area contributed by atoms with E-state index in [1.54, 1.807) is 0 Å². The molecule has 0 unspecified atom stereocenters. The van der Waals surface area contributed by atoms with Crippen LogP contribution >= 0.6 is 11.6 Å². The van der Waals surface area contributed by atoms with Crippen molar-refractivity contribution in [2.24, 2.45) is 0 Å². The lowest BCUT2D eigenvalue weighted by Gasteiger charge is -2.35. The zero-order valence-corrected chi connectivity index (χ0v) is 12.6. The third-order valence-corrected chi connectivity index (χ3v) is 4.02. The molecule has 0 bridgehead atoms. The molecule has 1 aromatic heterocycles. The lowest BCUT2D eigenvalue weighted by atomic mass is 10.2. The van der Waals surface area contributed by atoms with Crippen LogP contribution in [0.15, 0.2) is 24.3 Å². The van der Waals surface area contributed by atoms with Gasteiger partial charge in [-0.05, 0) is 24.3 Å². The van der Waals surface area contributed by atoms with E-state index >= 15 is 0 Å². The van der Waals surface area contributed by atoms with Crippen molar-refractivity contribution in [1.82, 2.24) is 20.3 Å². The van der Waals surface area contributed by atoms with Gasteiger partial charge in [-0.2, -0.15) is 0 Å². The molecular weight excluding hydrogens is 306 g/mol. The first kappa shape index (κ1) is 14.8. The number of anilines is 1. The van der Waals surface area contributed by atoms with Crippen LogP contribution in [0.3, 0.4) is 0 Å². The summed E-state index contributed by atoms with van der Waals surface area (Å²) in [6, 6.07) is 7.80. The highest BCUT2D eigenvalue weighted by atomic mass is 35.5. The van der Waals surface area contributed by atoms with Gasteiger partial charge in [0.2, 0.25) is 0 Å². The predicted octanol–water partition coefficient (Wildman–Crippen LogP) is 1.48. The van der Waals surface area contributed by atoms with E-state index in [2.05, 4.69) is 25.2 Å². The molecule has 1 aliphatic heterocycles. The summed E-state index contributed by atoms with van der Waals surface area (Å²) < 4.78 is 0. The smallest absolute Gasteiger partial charge is 0.355 e. The molecule has 0 saturated carbocycles. The number of hydrogen-bond acceptors (Lipinski definition) is 5. The van der Waals surface area contributed by atoms with Crippen molar-refractivity contribution in [2.75, 3.05) is 31.1 Å². The highest BCUT2D eigenvalue weighted by Gasteiger charge is 2.21. The largest absolute Gasteiger partial charge is 0.476 e. The number of aromatic amines is 1. The summed E-state index contributed by atoms with van der Waals surface area (Å²) in [5.74, 6) is -1.03. The van der Waals surface area contributed by atoms with Crippen molar-refractivity contribution >= 4 is 23.3 Å². The van der Waals surface area contributed by atoms with Gasteiger partial charge < -0.3 is 10.0 Å². The Morgan fingerprint density at radius 1 is 1.23 bits per heavy atom. The Labute approximate surface area is 132 Å². The Morgan fingerprint density at radius 3 is 2.55 bits per heavy atom. The average molecular weight is 322 g/mol. The van der Waals surface area contributed by atoms with Crippen molar-refractivity contribution in [2.45, 2.75) is 6.54 Å². The Hall–Kier alpha value is -2.12. The number of carboxylic acid groups (broad SMARTS) is 1. The molecule has 2 aromatic rings. The number of halogens is 1. The lowest BCUT2D eigenvalue weighted by Crippen LogP contribution is -2.46. The summed E-state index contributed by atoms with van der Waals surface area (Å²) >= 11 is 5.90. The van der Waals surface area contributed by atoms with Crippen molar-refractivity contribution < 1.29 is 9.90 Å². The summed E-state index contributed by atoms with van der Waals surface area (Å²) in [5, 5.41) is 19.6. The molecule has 0 spiro atoms. The van der Waals surface area contributed by atoms with Crippen molar-refractivity contribution in [3.8, 4) is 0 Å². The minimum atomic E-state index is -1.03. The van der Waals surface area contributed by atoms with E-state index < -0.39 is 5.97 Å². The molecule has 2 N–H and O–H groups in total. The van der Waals surface area contributed by atoms with Gasteiger partial charge in [0.25, 0.3) is 0 Å². The number of aromatic carboxylic acids is 1. The summed E-state index contributed by atoms with van der Waals surface area (Å²) in [6.45, 7) is 3.93. The molecule has 7 nitrogen and oxygen atoms in total. The first-order valence-corrected chi connectivity index (χ1v) is 7.37. The Bertz CT molecular complexity index is 650. The molecule has 0 radical (unpaired) electrons. The van der Waals surface area contributed by atoms with Gasteiger partial charge in [0.05, 0.1) is 0 Å². The number of carbonyl (C=O) groups is 1. The second-order valence-electron chi connectivity index (χ2n) is 5.18. The average Bonchev–Trinajstić information content (AvgIpc) is 2.97. The van der Waals surface area contributed by atoms with Crippen LogP contribution in [0.25, 0.3) is 0 Å². The normalized spacial score (nSPS) is 16.0. The molecule has 0 amide bonds. The number of carboxylic acids is 1. The van der Waals surface area contributed by atoms with Gasteiger partial charge in [0.1, 0.15) is 5.69 Å². The first-order chi connectivity index (χ1) is 10.6. The van der Waals surface area contributed by atoms with Gasteiger partial charge in [-0.3, -0.25) is 10.00 Å².